The van der Waals surface area contributed by atoms with E-state index < -0.39 is 10.0 Å². The van der Waals surface area contributed by atoms with Gasteiger partial charge in [-0.3, -0.25) is 0 Å². The van der Waals surface area contributed by atoms with Crippen molar-refractivity contribution in [2.24, 2.45) is 5.92 Å². The first kappa shape index (κ1) is 15.9. The number of nitrogens with zero attached hydrogens (tertiary/aromatic N) is 1. The van der Waals surface area contributed by atoms with E-state index in [1.165, 1.54) is 0 Å². The molecule has 6 heteroatoms. The monoisotopic (exact) mass is 278 g/mol. The fourth-order valence-corrected chi connectivity index (χ4v) is 3.86. The Hall–Kier alpha value is -0.170. The van der Waals surface area contributed by atoms with E-state index in [0.29, 0.717) is 32.2 Å². The molecule has 0 amide bonds. The lowest BCUT2D eigenvalue weighted by molar-refractivity contribution is 0.157. The smallest absolute Gasteiger partial charge is 0.217 e. The molecule has 0 aromatic heterocycles. The van der Waals surface area contributed by atoms with Crippen LogP contribution in [-0.2, 0) is 14.8 Å². The fraction of sp³-hybridized carbons (Fsp3) is 1.00. The van der Waals surface area contributed by atoms with Crippen LogP contribution in [0.5, 0.6) is 0 Å². The van der Waals surface area contributed by atoms with Crippen LogP contribution >= 0.6 is 0 Å². The van der Waals surface area contributed by atoms with Gasteiger partial charge in [-0.15, -0.1) is 0 Å². The maximum absolute atomic E-state index is 12.3. The third-order valence-electron chi connectivity index (χ3n) is 3.38. The summed E-state index contributed by atoms with van der Waals surface area (Å²) in [5, 5.41) is 2.81. The Bertz CT molecular complexity index is 332. The molecule has 0 radical (unpaired) electrons. The van der Waals surface area contributed by atoms with Gasteiger partial charge >= 0.3 is 0 Å². The highest BCUT2D eigenvalue weighted by Gasteiger charge is 2.34. The van der Waals surface area contributed by atoms with Crippen LogP contribution in [0.2, 0.25) is 0 Å². The number of ether oxygens (including phenoxy) is 1. The lowest BCUT2D eigenvalue weighted by Gasteiger charge is -2.21. The van der Waals surface area contributed by atoms with Gasteiger partial charge in [0.1, 0.15) is 0 Å². The van der Waals surface area contributed by atoms with Crippen molar-refractivity contribution in [1.29, 1.82) is 0 Å². The molecule has 1 fully saturated rings. The van der Waals surface area contributed by atoms with Crippen LogP contribution in [0.25, 0.3) is 0 Å². The summed E-state index contributed by atoms with van der Waals surface area (Å²) in [5.41, 5.74) is 0. The first-order valence-electron chi connectivity index (χ1n) is 6.71. The predicted octanol–water partition coefficient (Wildman–Crippen LogP) is 0.673. The van der Waals surface area contributed by atoms with E-state index in [1.807, 2.05) is 0 Å². The minimum absolute atomic E-state index is 0.348. The first-order chi connectivity index (χ1) is 8.52. The Labute approximate surface area is 111 Å². The summed E-state index contributed by atoms with van der Waals surface area (Å²) in [6, 6.07) is 0. The molecule has 0 saturated carbocycles. The number of rotatable bonds is 8. The highest BCUT2D eigenvalue weighted by atomic mass is 32.2. The molecule has 108 valence electrons. The molecule has 1 rings (SSSR count). The zero-order valence-corrected chi connectivity index (χ0v) is 12.5. The molecule has 2 unspecified atom stereocenters. The van der Waals surface area contributed by atoms with Crippen molar-refractivity contribution in [3.63, 3.8) is 0 Å². The predicted molar refractivity (Wildman–Crippen MR) is 73.1 cm³/mol. The van der Waals surface area contributed by atoms with Gasteiger partial charge in [-0.2, -0.15) is 0 Å². The average molecular weight is 278 g/mol. The normalized spacial score (nSPS) is 23.4. The van der Waals surface area contributed by atoms with Gasteiger partial charge in [0.25, 0.3) is 0 Å². The molecular weight excluding hydrogens is 252 g/mol. The second-order valence-electron chi connectivity index (χ2n) is 5.03. The molecule has 0 bridgehead atoms. The average Bonchev–Trinajstić information content (AvgIpc) is 2.79. The minimum atomic E-state index is -3.16. The standard InChI is InChI=1S/C12H26N2O3S/c1-4-6-13-8-11(2)18(15,16)14-7-5-12(9-14)10-17-3/h11-13H,4-10H2,1-3H3. The van der Waals surface area contributed by atoms with E-state index in [0.717, 1.165) is 19.4 Å². The van der Waals surface area contributed by atoms with Gasteiger partial charge in [-0.1, -0.05) is 6.92 Å². The fourth-order valence-electron chi connectivity index (χ4n) is 2.24. The van der Waals surface area contributed by atoms with Gasteiger partial charge in [0, 0.05) is 26.7 Å². The Morgan fingerprint density at radius 2 is 2.22 bits per heavy atom. The van der Waals surface area contributed by atoms with Gasteiger partial charge in [0.05, 0.1) is 11.9 Å². The lowest BCUT2D eigenvalue weighted by Crippen LogP contribution is -2.41. The Balaban J connectivity index is 2.48. The second kappa shape index (κ2) is 7.43. The molecule has 0 aromatic carbocycles. The summed E-state index contributed by atoms with van der Waals surface area (Å²) in [7, 11) is -1.49. The van der Waals surface area contributed by atoms with Crippen molar-refractivity contribution in [3.8, 4) is 0 Å². The van der Waals surface area contributed by atoms with E-state index in [1.54, 1.807) is 18.3 Å². The highest BCUT2D eigenvalue weighted by Crippen LogP contribution is 2.21. The van der Waals surface area contributed by atoms with E-state index in [4.69, 9.17) is 4.74 Å². The number of methoxy groups -OCH3 is 1. The van der Waals surface area contributed by atoms with Gasteiger partial charge < -0.3 is 10.1 Å². The zero-order chi connectivity index (χ0) is 13.6. The molecule has 0 aromatic rings. The third-order valence-corrected chi connectivity index (χ3v) is 5.61. The molecule has 1 aliphatic heterocycles. The molecule has 1 heterocycles. The van der Waals surface area contributed by atoms with Crippen LogP contribution < -0.4 is 5.32 Å². The minimum Gasteiger partial charge on any atom is -0.384 e. The molecule has 1 N–H and O–H groups in total. The van der Waals surface area contributed by atoms with Crippen molar-refractivity contribution >= 4 is 10.0 Å². The van der Waals surface area contributed by atoms with E-state index >= 15 is 0 Å². The molecule has 18 heavy (non-hydrogen) atoms. The van der Waals surface area contributed by atoms with Crippen LogP contribution in [0.3, 0.4) is 0 Å². The van der Waals surface area contributed by atoms with Crippen LogP contribution in [0.1, 0.15) is 26.7 Å². The molecule has 2 atom stereocenters. The molecule has 0 spiro atoms. The molecule has 1 aliphatic rings. The highest BCUT2D eigenvalue weighted by molar-refractivity contribution is 7.89. The molecule has 5 nitrogen and oxygen atoms in total. The third kappa shape index (κ3) is 4.19. The lowest BCUT2D eigenvalue weighted by atomic mass is 10.1. The topological polar surface area (TPSA) is 58.6 Å². The molecular formula is C12H26N2O3S. The van der Waals surface area contributed by atoms with E-state index in [9.17, 15) is 8.42 Å². The van der Waals surface area contributed by atoms with Crippen molar-refractivity contribution in [2.45, 2.75) is 31.9 Å². The SMILES string of the molecule is CCCNCC(C)S(=O)(=O)N1CCC(COC)C1. The van der Waals surface area contributed by atoms with Gasteiger partial charge in [0.2, 0.25) is 10.0 Å². The molecule has 0 aliphatic carbocycles. The second-order valence-corrected chi connectivity index (χ2v) is 7.38. The Morgan fingerprint density at radius 3 is 2.83 bits per heavy atom. The summed E-state index contributed by atoms with van der Waals surface area (Å²) >= 11 is 0. The maximum atomic E-state index is 12.3. The van der Waals surface area contributed by atoms with Crippen LogP contribution in [0.4, 0.5) is 0 Å². The van der Waals surface area contributed by atoms with Crippen LogP contribution in [0.15, 0.2) is 0 Å². The van der Waals surface area contributed by atoms with E-state index in [2.05, 4.69) is 12.2 Å². The Morgan fingerprint density at radius 1 is 1.50 bits per heavy atom. The van der Waals surface area contributed by atoms with Crippen molar-refractivity contribution in [3.05, 3.63) is 0 Å². The summed E-state index contributed by atoms with van der Waals surface area (Å²) < 4.78 is 31.4. The zero-order valence-electron chi connectivity index (χ0n) is 11.7. The van der Waals surface area contributed by atoms with Crippen LogP contribution in [-0.4, -0.2) is 57.9 Å². The number of sulfonamides is 1. The van der Waals surface area contributed by atoms with Crippen LogP contribution in [0, 0.1) is 5.92 Å². The summed E-state index contributed by atoms with van der Waals surface area (Å²) in [5.74, 6) is 0.348. The maximum Gasteiger partial charge on any atom is 0.217 e. The van der Waals surface area contributed by atoms with Gasteiger partial charge in [0.15, 0.2) is 0 Å². The van der Waals surface area contributed by atoms with Crippen molar-refractivity contribution < 1.29 is 13.2 Å². The summed E-state index contributed by atoms with van der Waals surface area (Å²) in [6.45, 7) is 7.13. The number of hydrogen-bond donors (Lipinski definition) is 1. The van der Waals surface area contributed by atoms with Gasteiger partial charge in [-0.25, -0.2) is 12.7 Å². The largest absolute Gasteiger partial charge is 0.384 e. The number of nitrogens with one attached hydrogen (secondary N) is 1. The van der Waals surface area contributed by atoms with E-state index in [-0.39, 0.29) is 5.25 Å². The number of hydrogen-bond acceptors (Lipinski definition) is 4. The quantitative estimate of drug-likeness (QED) is 0.663. The van der Waals surface area contributed by atoms with Crippen molar-refractivity contribution in [2.75, 3.05) is 39.9 Å². The Kier molecular flexibility index (Phi) is 6.55. The first-order valence-corrected chi connectivity index (χ1v) is 8.21. The van der Waals surface area contributed by atoms with Gasteiger partial charge in [-0.05, 0) is 32.2 Å². The van der Waals surface area contributed by atoms with Crippen molar-refractivity contribution in [1.82, 2.24) is 9.62 Å². The summed E-state index contributed by atoms with van der Waals surface area (Å²) in [6.07, 6.45) is 1.93. The summed E-state index contributed by atoms with van der Waals surface area (Å²) in [4.78, 5) is 0. The molecule has 1 saturated heterocycles.